The molecule has 0 spiro atoms. The lowest BCUT2D eigenvalue weighted by molar-refractivity contribution is -0.166. The fraction of sp³-hybridized carbons (Fsp3) is 0.579. The lowest BCUT2D eigenvalue weighted by Crippen LogP contribution is -2.67. The van der Waals surface area contributed by atoms with Crippen molar-refractivity contribution >= 4 is 12.0 Å². The molecule has 1 heterocycles. The van der Waals surface area contributed by atoms with Crippen LogP contribution in [0.25, 0.3) is 0 Å². The summed E-state index contributed by atoms with van der Waals surface area (Å²) in [5.41, 5.74) is 1.19. The summed E-state index contributed by atoms with van der Waals surface area (Å²) in [4.78, 5) is 25.9. The Labute approximate surface area is 143 Å². The number of alkyl carbamates (subject to hydrolysis) is 1. The maximum atomic E-state index is 12.8. The maximum Gasteiger partial charge on any atom is 0.406 e. The molecule has 5 nitrogen and oxygen atoms in total. The van der Waals surface area contributed by atoms with Crippen LogP contribution in [0.2, 0.25) is 0 Å². The van der Waals surface area contributed by atoms with Gasteiger partial charge in [0.1, 0.15) is 0 Å². The molecule has 1 saturated carbocycles. The Bertz CT molecular complexity index is 590. The fourth-order valence-electron chi connectivity index (χ4n) is 4.32. The molecule has 130 valence electrons. The number of nitrogens with one attached hydrogen (secondary N) is 1. The fourth-order valence-corrected chi connectivity index (χ4v) is 4.32. The van der Waals surface area contributed by atoms with Crippen LogP contribution < -0.4 is 5.32 Å². The van der Waals surface area contributed by atoms with Crippen LogP contribution in [0.4, 0.5) is 4.79 Å². The van der Waals surface area contributed by atoms with Crippen molar-refractivity contribution in [3.63, 3.8) is 0 Å². The van der Waals surface area contributed by atoms with Gasteiger partial charge in [-0.2, -0.15) is 0 Å². The number of carbonyl (C=O) groups excluding carboxylic acids is 2. The van der Waals surface area contributed by atoms with Crippen LogP contribution in [0.1, 0.15) is 44.1 Å². The van der Waals surface area contributed by atoms with Crippen molar-refractivity contribution in [2.75, 3.05) is 20.2 Å². The van der Waals surface area contributed by atoms with Gasteiger partial charge >= 0.3 is 6.09 Å². The van der Waals surface area contributed by atoms with Crippen LogP contribution in [-0.4, -0.2) is 37.1 Å². The number of hydrogen-bond donors (Lipinski definition) is 1. The number of methoxy groups -OCH3 is 1. The zero-order chi connectivity index (χ0) is 17.0. The van der Waals surface area contributed by atoms with E-state index in [1.165, 1.54) is 31.9 Å². The van der Waals surface area contributed by atoms with Crippen molar-refractivity contribution in [1.82, 2.24) is 10.2 Å². The van der Waals surface area contributed by atoms with Crippen LogP contribution in [0, 0.1) is 5.92 Å². The smallest absolute Gasteiger partial charge is 0.406 e. The van der Waals surface area contributed by atoms with Crippen molar-refractivity contribution in [1.29, 1.82) is 0 Å². The summed E-state index contributed by atoms with van der Waals surface area (Å²) in [6.45, 7) is 1.34. The van der Waals surface area contributed by atoms with Gasteiger partial charge in [-0.15, -0.1) is 0 Å². The van der Waals surface area contributed by atoms with Crippen LogP contribution in [0.5, 0.6) is 0 Å². The monoisotopic (exact) mass is 330 g/mol. The molecule has 2 aliphatic rings. The second kappa shape index (κ2) is 7.24. The minimum absolute atomic E-state index is 0.0909. The van der Waals surface area contributed by atoms with Gasteiger partial charge in [0.25, 0.3) is 0 Å². The van der Waals surface area contributed by atoms with E-state index in [-0.39, 0.29) is 11.4 Å². The van der Waals surface area contributed by atoms with Gasteiger partial charge in [0.2, 0.25) is 5.91 Å². The van der Waals surface area contributed by atoms with E-state index in [0.717, 1.165) is 13.0 Å². The van der Waals surface area contributed by atoms with Gasteiger partial charge in [-0.05, 0) is 24.8 Å². The van der Waals surface area contributed by atoms with Gasteiger partial charge in [0.05, 0.1) is 12.6 Å². The van der Waals surface area contributed by atoms with Crippen LogP contribution in [0.15, 0.2) is 30.3 Å². The summed E-state index contributed by atoms with van der Waals surface area (Å²) in [6, 6.07) is 10.5. The van der Waals surface area contributed by atoms with E-state index in [4.69, 9.17) is 0 Å². The highest BCUT2D eigenvalue weighted by Crippen LogP contribution is 2.53. The first-order valence-corrected chi connectivity index (χ1v) is 8.86. The van der Waals surface area contributed by atoms with E-state index < -0.39 is 6.09 Å². The molecule has 5 heteroatoms. The van der Waals surface area contributed by atoms with Gasteiger partial charge in [0.15, 0.2) is 0 Å². The largest absolute Gasteiger partial charge is 0.453 e. The van der Waals surface area contributed by atoms with Gasteiger partial charge < -0.3 is 15.0 Å². The zero-order valence-electron chi connectivity index (χ0n) is 14.3. The summed E-state index contributed by atoms with van der Waals surface area (Å²) in [7, 11) is 1.34. The summed E-state index contributed by atoms with van der Waals surface area (Å²) in [5, 5.41) is 2.63. The lowest BCUT2D eigenvalue weighted by atomic mass is 9.61. The first-order valence-electron chi connectivity index (χ1n) is 8.86. The van der Waals surface area contributed by atoms with E-state index in [0.29, 0.717) is 25.3 Å². The number of rotatable bonds is 5. The van der Waals surface area contributed by atoms with Gasteiger partial charge in [-0.1, -0.05) is 43.2 Å². The molecule has 1 saturated heterocycles. The molecule has 1 aromatic rings. The minimum Gasteiger partial charge on any atom is -0.453 e. The Balaban J connectivity index is 1.64. The summed E-state index contributed by atoms with van der Waals surface area (Å²) in [6.07, 6.45) is 5.38. The van der Waals surface area contributed by atoms with Crippen molar-refractivity contribution in [3.8, 4) is 0 Å². The first kappa shape index (κ1) is 16.8. The average Bonchev–Trinajstić information content (AvgIpc) is 2.60. The van der Waals surface area contributed by atoms with E-state index in [1.807, 2.05) is 6.07 Å². The molecule has 1 aromatic carbocycles. The molecule has 0 unspecified atom stereocenters. The summed E-state index contributed by atoms with van der Waals surface area (Å²) >= 11 is 0. The highest BCUT2D eigenvalue weighted by Gasteiger charge is 2.56. The van der Waals surface area contributed by atoms with E-state index in [1.54, 1.807) is 0 Å². The quantitative estimate of drug-likeness (QED) is 0.844. The van der Waals surface area contributed by atoms with Crippen LogP contribution in [0.3, 0.4) is 0 Å². The normalized spacial score (nSPS) is 25.4. The molecule has 3 rings (SSSR count). The molecule has 0 radical (unpaired) electrons. The number of likely N-dealkylation sites (tertiary alicyclic amines) is 1. The molecular formula is C19H26N2O3. The Morgan fingerprint density at radius 2 is 2.08 bits per heavy atom. The second-order valence-electron chi connectivity index (χ2n) is 6.76. The number of nitrogens with zero attached hydrogens (tertiary/aromatic N) is 1. The molecule has 1 N–H and O–H groups in total. The number of amides is 2. The summed E-state index contributed by atoms with van der Waals surface area (Å²) < 4.78 is 4.54. The van der Waals surface area contributed by atoms with Crippen molar-refractivity contribution in [2.45, 2.75) is 44.1 Å². The second-order valence-corrected chi connectivity index (χ2v) is 6.76. The molecule has 24 heavy (non-hydrogen) atoms. The zero-order valence-corrected chi connectivity index (χ0v) is 14.3. The number of carbonyl (C=O) groups is 2. The standard InChI is InChI=1S/C19H26N2O3/c1-24-18(23)20-13-7-11-17(22)21-14-16-10-5-6-12-19(16,21)15-8-3-2-4-9-15/h2-4,8-9,16H,5-7,10-14H2,1H3,(H,20,23)/t16-,19+/m1/s1. The van der Waals surface area contributed by atoms with E-state index in [2.05, 4.69) is 39.2 Å². The number of fused-ring (bicyclic) bond motifs is 1. The maximum absolute atomic E-state index is 12.8. The van der Waals surface area contributed by atoms with Crippen LogP contribution in [-0.2, 0) is 15.1 Å². The predicted molar refractivity (Wildman–Crippen MR) is 91.4 cm³/mol. The topological polar surface area (TPSA) is 58.6 Å². The third kappa shape index (κ3) is 2.99. The molecule has 1 aliphatic carbocycles. The number of benzene rings is 1. The molecule has 1 aliphatic heterocycles. The molecule has 2 fully saturated rings. The Kier molecular flexibility index (Phi) is 5.07. The number of hydrogen-bond acceptors (Lipinski definition) is 3. The third-order valence-corrected chi connectivity index (χ3v) is 5.52. The predicted octanol–water partition coefficient (Wildman–Crippen LogP) is 3.05. The number of ether oxygens (including phenoxy) is 1. The third-order valence-electron chi connectivity index (χ3n) is 5.52. The molecule has 0 bridgehead atoms. The molecule has 2 amide bonds. The summed E-state index contributed by atoms with van der Waals surface area (Å²) in [5.74, 6) is 0.787. The molecule has 0 aromatic heterocycles. The molecule has 2 atom stereocenters. The minimum atomic E-state index is -0.445. The van der Waals surface area contributed by atoms with Crippen molar-refractivity contribution < 1.29 is 14.3 Å². The highest BCUT2D eigenvalue weighted by molar-refractivity contribution is 5.79. The van der Waals surface area contributed by atoms with Gasteiger partial charge in [0, 0.05) is 25.4 Å². The van der Waals surface area contributed by atoms with E-state index in [9.17, 15) is 9.59 Å². The van der Waals surface area contributed by atoms with Gasteiger partial charge in [-0.3, -0.25) is 4.79 Å². The Hall–Kier alpha value is -2.04. The van der Waals surface area contributed by atoms with Crippen molar-refractivity contribution in [2.24, 2.45) is 5.92 Å². The van der Waals surface area contributed by atoms with Crippen molar-refractivity contribution in [3.05, 3.63) is 35.9 Å². The SMILES string of the molecule is COC(=O)NCCCC(=O)N1C[C@H]2CCCC[C@]21c1ccccc1. The lowest BCUT2D eigenvalue weighted by Gasteiger charge is -2.61. The van der Waals surface area contributed by atoms with E-state index >= 15 is 0 Å². The first-order chi connectivity index (χ1) is 11.7. The molecular weight excluding hydrogens is 304 g/mol. The van der Waals surface area contributed by atoms with Crippen LogP contribution >= 0.6 is 0 Å². The Morgan fingerprint density at radius 3 is 2.79 bits per heavy atom. The average molecular weight is 330 g/mol. The Morgan fingerprint density at radius 1 is 1.29 bits per heavy atom. The van der Waals surface area contributed by atoms with Gasteiger partial charge in [-0.25, -0.2) is 4.79 Å². The highest BCUT2D eigenvalue weighted by atomic mass is 16.5.